The van der Waals surface area contributed by atoms with Gasteiger partial charge in [0.2, 0.25) is 0 Å². The van der Waals surface area contributed by atoms with E-state index in [9.17, 15) is 0 Å². The maximum Gasteiger partial charge on any atom is 0.0884 e. The van der Waals surface area contributed by atoms with Crippen LogP contribution in [-0.4, -0.2) is 5.88 Å². The van der Waals surface area contributed by atoms with E-state index in [1.807, 2.05) is 11.6 Å². The molecule has 0 bridgehead atoms. The molecule has 0 spiro atoms. The van der Waals surface area contributed by atoms with Crippen molar-refractivity contribution < 1.29 is 0 Å². The Balaban J connectivity index is 2.32. The van der Waals surface area contributed by atoms with Gasteiger partial charge in [-0.3, -0.25) is 5.32 Å². The normalized spacial score (nSPS) is 19.2. The Morgan fingerprint density at radius 1 is 1.80 bits per heavy atom. The van der Waals surface area contributed by atoms with Gasteiger partial charge in [0, 0.05) is 6.20 Å². The lowest BCUT2D eigenvalue weighted by molar-refractivity contribution is 1.06. The molecule has 27 valence electrons. The zero-order chi connectivity index (χ0) is 3.54. The molecule has 0 fully saturated rings. The second-order valence-electron chi connectivity index (χ2n) is 0.763. The number of rotatable bonds is 0. The summed E-state index contributed by atoms with van der Waals surface area (Å²) in [5.41, 5.74) is 0. The van der Waals surface area contributed by atoms with Gasteiger partial charge in [-0.25, -0.2) is 0 Å². The van der Waals surface area contributed by atoms with Gasteiger partial charge in [-0.1, -0.05) is 0 Å². The van der Waals surface area contributed by atoms with Gasteiger partial charge in [-0.15, -0.1) is 11.8 Å². The summed E-state index contributed by atoms with van der Waals surface area (Å²) >= 11 is 1.73. The second-order valence-corrected chi connectivity index (χ2v) is 1.63. The Morgan fingerprint density at radius 2 is 2.80 bits per heavy atom. The molecule has 1 nitrogen and oxygen atoms in total. The van der Waals surface area contributed by atoms with Gasteiger partial charge < -0.3 is 0 Å². The Kier molecular flexibility index (Phi) is 0.841. The summed E-state index contributed by atoms with van der Waals surface area (Å²) in [5.74, 6) is 0.931. The molecule has 0 aromatic rings. The zero-order valence-electron chi connectivity index (χ0n) is 2.72. The fourth-order valence-corrected chi connectivity index (χ4v) is 0.645. The molecule has 1 radical (unpaired) electrons. The van der Waals surface area contributed by atoms with Gasteiger partial charge in [-0.2, -0.15) is 0 Å². The zero-order valence-corrected chi connectivity index (χ0v) is 3.53. The predicted octanol–water partition coefficient (Wildman–Crippen LogP) is 0.766. The Bertz CT molecular complexity index is 44.9. The molecule has 0 amide bonds. The highest BCUT2D eigenvalue weighted by molar-refractivity contribution is 8.02. The van der Waals surface area contributed by atoms with Crippen molar-refractivity contribution in [2.75, 3.05) is 5.88 Å². The highest BCUT2D eigenvalue weighted by atomic mass is 32.2. The van der Waals surface area contributed by atoms with E-state index in [0.717, 1.165) is 5.88 Å². The maximum atomic E-state index is 3.87. The summed E-state index contributed by atoms with van der Waals surface area (Å²) < 4.78 is 0. The SMILES string of the molecule is C1=CSC[N]1. The summed E-state index contributed by atoms with van der Waals surface area (Å²) in [7, 11) is 0. The molecule has 1 aliphatic rings. The average Bonchev–Trinajstić information content (AvgIpc) is 1.76. The van der Waals surface area contributed by atoms with Crippen LogP contribution in [0.2, 0.25) is 0 Å². The van der Waals surface area contributed by atoms with Gasteiger partial charge >= 0.3 is 0 Å². The molecule has 0 N–H and O–H groups in total. The standard InChI is InChI=1S/C3H4NS/c1-2-5-3-4-1/h1-2H,3H2. The highest BCUT2D eigenvalue weighted by Gasteiger charge is 1.84. The van der Waals surface area contributed by atoms with Crippen LogP contribution in [0.25, 0.3) is 0 Å². The second kappa shape index (κ2) is 1.36. The van der Waals surface area contributed by atoms with Crippen LogP contribution in [0.3, 0.4) is 0 Å². The van der Waals surface area contributed by atoms with Crippen LogP contribution < -0.4 is 5.32 Å². The van der Waals surface area contributed by atoms with Crippen LogP contribution in [0.5, 0.6) is 0 Å². The van der Waals surface area contributed by atoms with Gasteiger partial charge in [0.05, 0.1) is 5.88 Å². The molecule has 2 heteroatoms. The van der Waals surface area contributed by atoms with Crippen LogP contribution in [0.4, 0.5) is 0 Å². The third kappa shape index (κ3) is 0.581. The van der Waals surface area contributed by atoms with E-state index in [1.54, 1.807) is 11.8 Å². The van der Waals surface area contributed by atoms with E-state index in [1.165, 1.54) is 0 Å². The van der Waals surface area contributed by atoms with Gasteiger partial charge in [0.15, 0.2) is 0 Å². The molecule has 5 heavy (non-hydrogen) atoms. The van der Waals surface area contributed by atoms with E-state index in [-0.39, 0.29) is 0 Å². The van der Waals surface area contributed by atoms with Crippen molar-refractivity contribution in [3.8, 4) is 0 Å². The summed E-state index contributed by atoms with van der Waals surface area (Å²) in [6.07, 6.45) is 1.82. The van der Waals surface area contributed by atoms with Crippen molar-refractivity contribution in [3.63, 3.8) is 0 Å². The van der Waals surface area contributed by atoms with E-state index >= 15 is 0 Å². The van der Waals surface area contributed by atoms with Crippen LogP contribution in [0, 0.1) is 0 Å². The Morgan fingerprint density at radius 3 is 3.00 bits per heavy atom. The van der Waals surface area contributed by atoms with Gasteiger partial charge in [0.1, 0.15) is 0 Å². The Hall–Kier alpha value is -0.110. The molecular weight excluding hydrogens is 82.1 g/mol. The molecule has 0 aromatic carbocycles. The fraction of sp³-hybridized carbons (Fsp3) is 0.333. The lowest BCUT2D eigenvalue weighted by Crippen LogP contribution is -1.82. The first kappa shape index (κ1) is 3.09. The molecule has 1 rings (SSSR count). The van der Waals surface area contributed by atoms with Crippen LogP contribution in [0.15, 0.2) is 11.6 Å². The fourth-order valence-electron chi connectivity index (χ4n) is 0.215. The van der Waals surface area contributed by atoms with Crippen LogP contribution >= 0.6 is 11.8 Å². The summed E-state index contributed by atoms with van der Waals surface area (Å²) in [6, 6.07) is 0. The predicted molar refractivity (Wildman–Crippen MR) is 23.7 cm³/mol. The molecule has 1 aliphatic heterocycles. The number of thioether (sulfide) groups is 1. The third-order valence-electron chi connectivity index (χ3n) is 0.412. The number of hydrogen-bond donors (Lipinski definition) is 0. The first-order valence-corrected chi connectivity index (χ1v) is 2.48. The first-order valence-electron chi connectivity index (χ1n) is 1.43. The van der Waals surface area contributed by atoms with Crippen molar-refractivity contribution in [2.45, 2.75) is 0 Å². The van der Waals surface area contributed by atoms with E-state index in [0.29, 0.717) is 0 Å². The van der Waals surface area contributed by atoms with Crippen molar-refractivity contribution in [1.82, 2.24) is 5.32 Å². The van der Waals surface area contributed by atoms with Gasteiger partial charge in [0.25, 0.3) is 0 Å². The largest absolute Gasteiger partial charge is 0.282 e. The lowest BCUT2D eigenvalue weighted by atomic mass is 11.0. The topological polar surface area (TPSA) is 14.1 Å². The molecule has 0 saturated carbocycles. The van der Waals surface area contributed by atoms with Crippen molar-refractivity contribution in [1.29, 1.82) is 0 Å². The quantitative estimate of drug-likeness (QED) is 0.424. The minimum absolute atomic E-state index is 0.931. The summed E-state index contributed by atoms with van der Waals surface area (Å²) in [4.78, 5) is 0. The van der Waals surface area contributed by atoms with Crippen LogP contribution in [0.1, 0.15) is 0 Å². The minimum atomic E-state index is 0.931. The first-order chi connectivity index (χ1) is 2.50. The van der Waals surface area contributed by atoms with Crippen LogP contribution in [-0.2, 0) is 0 Å². The lowest BCUT2D eigenvalue weighted by Gasteiger charge is -1.72. The van der Waals surface area contributed by atoms with E-state index in [2.05, 4.69) is 5.32 Å². The third-order valence-corrected chi connectivity index (χ3v) is 1.02. The summed E-state index contributed by atoms with van der Waals surface area (Å²) in [5, 5.41) is 5.85. The van der Waals surface area contributed by atoms with E-state index < -0.39 is 0 Å². The monoisotopic (exact) mass is 86.0 g/mol. The average molecular weight is 86.1 g/mol. The number of hydrogen-bond acceptors (Lipinski definition) is 1. The molecular formula is C3H4NS. The van der Waals surface area contributed by atoms with Crippen molar-refractivity contribution in [2.24, 2.45) is 0 Å². The Labute approximate surface area is 35.4 Å². The number of nitrogens with zero attached hydrogens (tertiary/aromatic N) is 1. The molecule has 0 aliphatic carbocycles. The van der Waals surface area contributed by atoms with Crippen molar-refractivity contribution in [3.05, 3.63) is 11.6 Å². The summed E-state index contributed by atoms with van der Waals surface area (Å²) in [6.45, 7) is 0. The molecule has 0 unspecified atom stereocenters. The highest BCUT2D eigenvalue weighted by Crippen LogP contribution is 2.04. The van der Waals surface area contributed by atoms with Gasteiger partial charge in [-0.05, 0) is 5.41 Å². The molecule has 0 atom stereocenters. The smallest absolute Gasteiger partial charge is 0.0884 e. The molecule has 0 aromatic heterocycles. The molecule has 1 heterocycles. The molecule has 0 saturated heterocycles. The van der Waals surface area contributed by atoms with E-state index in [4.69, 9.17) is 0 Å². The van der Waals surface area contributed by atoms with Crippen molar-refractivity contribution >= 4 is 11.8 Å². The maximum absolute atomic E-state index is 3.87. The minimum Gasteiger partial charge on any atom is -0.282 e.